The Balaban J connectivity index is 1.33. The van der Waals surface area contributed by atoms with Crippen molar-refractivity contribution in [2.45, 2.75) is 50.6 Å². The molecule has 9 heteroatoms. The lowest BCUT2D eigenvalue weighted by Gasteiger charge is -2.27. The molecule has 2 N–H and O–H groups in total. The molecule has 2 aromatic heterocycles. The maximum atomic E-state index is 12.8. The Hall–Kier alpha value is -2.71. The molecule has 1 saturated heterocycles. The minimum absolute atomic E-state index is 0.0377. The van der Waals surface area contributed by atoms with Gasteiger partial charge in [-0.3, -0.25) is 14.5 Å². The molecule has 32 heavy (non-hydrogen) atoms. The van der Waals surface area contributed by atoms with Crippen LogP contribution in [0.5, 0.6) is 0 Å². The van der Waals surface area contributed by atoms with Crippen LogP contribution in [0.4, 0.5) is 5.69 Å². The number of hydrogen-bond donors (Lipinski definition) is 2. The fourth-order valence-corrected chi connectivity index (χ4v) is 5.83. The van der Waals surface area contributed by atoms with Crippen molar-refractivity contribution in [3.05, 3.63) is 51.2 Å². The summed E-state index contributed by atoms with van der Waals surface area (Å²) in [5.74, 6) is 0.575. The molecule has 4 heterocycles. The van der Waals surface area contributed by atoms with E-state index in [1.807, 2.05) is 23.7 Å². The highest BCUT2D eigenvalue weighted by Crippen LogP contribution is 2.43. The molecule has 1 aliphatic carbocycles. The fraction of sp³-hybridized carbons (Fsp3) is 0.478. The second kappa shape index (κ2) is 7.42. The number of hydrogen-bond acceptors (Lipinski definition) is 5. The second-order valence-electron chi connectivity index (χ2n) is 9.28. The summed E-state index contributed by atoms with van der Waals surface area (Å²) < 4.78 is 1.93. The summed E-state index contributed by atoms with van der Waals surface area (Å²) in [5, 5.41) is 8.71. The van der Waals surface area contributed by atoms with E-state index in [2.05, 4.69) is 20.3 Å². The van der Waals surface area contributed by atoms with Crippen LogP contribution >= 0.6 is 11.6 Å². The molecule has 1 aromatic carbocycles. The van der Waals surface area contributed by atoms with Crippen LogP contribution in [-0.2, 0) is 4.79 Å². The van der Waals surface area contributed by atoms with Crippen LogP contribution in [0.25, 0.3) is 11.0 Å². The Morgan fingerprint density at radius 1 is 1.16 bits per heavy atom. The molecule has 2 aliphatic heterocycles. The Morgan fingerprint density at radius 2 is 1.94 bits per heavy atom. The van der Waals surface area contributed by atoms with Gasteiger partial charge >= 0.3 is 0 Å². The highest BCUT2D eigenvalue weighted by atomic mass is 35.5. The van der Waals surface area contributed by atoms with Crippen molar-refractivity contribution < 1.29 is 4.79 Å². The number of aromatic nitrogens is 4. The fourth-order valence-electron chi connectivity index (χ4n) is 5.65. The van der Waals surface area contributed by atoms with Gasteiger partial charge in [0.05, 0.1) is 24.2 Å². The highest BCUT2D eigenvalue weighted by molar-refractivity contribution is 6.30. The number of carbonyl (C=O) groups is 1. The number of anilines is 1. The summed E-state index contributed by atoms with van der Waals surface area (Å²) >= 11 is 6.24. The van der Waals surface area contributed by atoms with Crippen LogP contribution in [0.2, 0.25) is 5.02 Å². The average Bonchev–Trinajstić information content (AvgIpc) is 3.52. The standard InChI is InChI=1S/C23H25ClN6O2/c1-12(20-27-21-16(22(31)28-20)9-25-30(21)14-4-2-3-5-14)29-10-17-15-8-13(24)6-7-19(15)26-23(32)18(17)11-29/h6-9,12,14,17-18H,2-5,10-11H2,1H3,(H,26,32)(H,27,28,31)/t12-,17+,18+/m1/s1. The quantitative estimate of drug-likeness (QED) is 0.632. The van der Waals surface area contributed by atoms with E-state index in [4.69, 9.17) is 16.6 Å². The van der Waals surface area contributed by atoms with Crippen molar-refractivity contribution in [2.75, 3.05) is 18.4 Å². The second-order valence-corrected chi connectivity index (χ2v) is 9.72. The molecule has 0 radical (unpaired) electrons. The Bertz CT molecular complexity index is 1280. The minimum Gasteiger partial charge on any atom is -0.326 e. The Kier molecular flexibility index (Phi) is 4.62. The van der Waals surface area contributed by atoms with Crippen LogP contribution in [-0.4, -0.2) is 43.6 Å². The lowest BCUT2D eigenvalue weighted by molar-refractivity contribution is -0.120. The maximum Gasteiger partial charge on any atom is 0.262 e. The summed E-state index contributed by atoms with van der Waals surface area (Å²) in [6.45, 7) is 3.35. The van der Waals surface area contributed by atoms with E-state index in [1.54, 1.807) is 12.3 Å². The molecule has 1 saturated carbocycles. The third-order valence-corrected chi connectivity index (χ3v) is 7.69. The summed E-state index contributed by atoms with van der Waals surface area (Å²) in [7, 11) is 0. The lowest BCUT2D eigenvalue weighted by Crippen LogP contribution is -2.33. The third kappa shape index (κ3) is 3.08. The summed E-state index contributed by atoms with van der Waals surface area (Å²) in [4.78, 5) is 35.6. The molecule has 6 rings (SSSR count). The first-order chi connectivity index (χ1) is 15.5. The van der Waals surface area contributed by atoms with Crippen molar-refractivity contribution in [1.29, 1.82) is 0 Å². The van der Waals surface area contributed by atoms with Gasteiger partial charge in [-0.05, 0) is 43.5 Å². The molecule has 0 bridgehead atoms. The largest absolute Gasteiger partial charge is 0.326 e. The van der Waals surface area contributed by atoms with Crippen LogP contribution in [0.1, 0.15) is 62.0 Å². The number of benzene rings is 1. The van der Waals surface area contributed by atoms with Crippen LogP contribution < -0.4 is 10.9 Å². The van der Waals surface area contributed by atoms with E-state index in [9.17, 15) is 9.59 Å². The van der Waals surface area contributed by atoms with Crippen molar-refractivity contribution in [1.82, 2.24) is 24.6 Å². The Morgan fingerprint density at radius 3 is 2.75 bits per heavy atom. The van der Waals surface area contributed by atoms with Crippen LogP contribution in [0.15, 0.2) is 29.2 Å². The van der Waals surface area contributed by atoms with Crippen molar-refractivity contribution >= 4 is 34.2 Å². The van der Waals surface area contributed by atoms with Gasteiger partial charge < -0.3 is 10.3 Å². The third-order valence-electron chi connectivity index (χ3n) is 7.45. The maximum absolute atomic E-state index is 12.8. The number of nitrogens with zero attached hydrogens (tertiary/aromatic N) is 4. The molecule has 1 amide bonds. The number of rotatable bonds is 3. The Labute approximate surface area is 190 Å². The highest BCUT2D eigenvalue weighted by Gasteiger charge is 2.44. The number of halogens is 1. The summed E-state index contributed by atoms with van der Waals surface area (Å²) in [5.41, 5.74) is 2.41. The number of amides is 1. The predicted octanol–water partition coefficient (Wildman–Crippen LogP) is 3.62. The van der Waals surface area contributed by atoms with E-state index in [1.165, 1.54) is 12.8 Å². The van der Waals surface area contributed by atoms with Gasteiger partial charge in [0.25, 0.3) is 5.56 Å². The normalized spacial score (nSPS) is 24.5. The van der Waals surface area contributed by atoms with Crippen molar-refractivity contribution in [3.63, 3.8) is 0 Å². The van der Waals surface area contributed by atoms with E-state index in [0.717, 1.165) is 24.1 Å². The van der Waals surface area contributed by atoms with E-state index < -0.39 is 0 Å². The molecular weight excluding hydrogens is 428 g/mol. The number of aromatic amines is 1. The first-order valence-electron chi connectivity index (χ1n) is 11.3. The molecule has 0 spiro atoms. The van der Waals surface area contributed by atoms with Gasteiger partial charge in [-0.15, -0.1) is 0 Å². The first kappa shape index (κ1) is 19.9. The number of likely N-dealkylation sites (tertiary alicyclic amines) is 1. The number of nitrogens with one attached hydrogen (secondary N) is 2. The monoisotopic (exact) mass is 452 g/mol. The smallest absolute Gasteiger partial charge is 0.262 e. The molecular formula is C23H25ClN6O2. The van der Waals surface area contributed by atoms with E-state index in [-0.39, 0.29) is 29.3 Å². The van der Waals surface area contributed by atoms with Gasteiger partial charge in [-0.2, -0.15) is 5.10 Å². The van der Waals surface area contributed by atoms with Gasteiger partial charge in [0.15, 0.2) is 5.65 Å². The van der Waals surface area contributed by atoms with Crippen molar-refractivity contribution in [2.24, 2.45) is 5.92 Å². The molecule has 0 unspecified atom stereocenters. The number of H-pyrrole nitrogens is 1. The lowest BCUT2D eigenvalue weighted by atomic mass is 9.84. The zero-order chi connectivity index (χ0) is 22.0. The van der Waals surface area contributed by atoms with E-state index in [0.29, 0.717) is 41.0 Å². The first-order valence-corrected chi connectivity index (χ1v) is 11.7. The molecule has 166 valence electrons. The van der Waals surface area contributed by atoms with Crippen molar-refractivity contribution in [3.8, 4) is 0 Å². The van der Waals surface area contributed by atoms with E-state index >= 15 is 0 Å². The van der Waals surface area contributed by atoms with Gasteiger partial charge in [0.2, 0.25) is 5.91 Å². The zero-order valence-electron chi connectivity index (χ0n) is 17.8. The minimum atomic E-state index is -0.160. The number of fused-ring (bicyclic) bond motifs is 4. The molecule has 3 atom stereocenters. The van der Waals surface area contributed by atoms with Crippen LogP contribution in [0, 0.1) is 5.92 Å². The predicted molar refractivity (Wildman–Crippen MR) is 122 cm³/mol. The number of carbonyl (C=O) groups excluding carboxylic acids is 1. The van der Waals surface area contributed by atoms with Gasteiger partial charge in [-0.25, -0.2) is 9.67 Å². The van der Waals surface area contributed by atoms with Crippen LogP contribution in [0.3, 0.4) is 0 Å². The molecule has 8 nitrogen and oxygen atoms in total. The average molecular weight is 453 g/mol. The summed E-state index contributed by atoms with van der Waals surface area (Å²) in [6, 6.07) is 5.79. The molecule has 2 fully saturated rings. The van der Waals surface area contributed by atoms with Gasteiger partial charge in [0, 0.05) is 29.7 Å². The SMILES string of the molecule is C[C@H](c1nc2c(cnn2C2CCCC2)c(=O)[nH]1)N1C[C@@H]2C(=O)Nc3ccc(Cl)cc3[C@@H]2C1. The topological polar surface area (TPSA) is 95.9 Å². The summed E-state index contributed by atoms with van der Waals surface area (Å²) in [6.07, 6.45) is 6.14. The van der Waals surface area contributed by atoms with Gasteiger partial charge in [0.1, 0.15) is 11.2 Å². The van der Waals surface area contributed by atoms with Gasteiger partial charge in [-0.1, -0.05) is 24.4 Å². The zero-order valence-corrected chi connectivity index (χ0v) is 18.6. The molecule has 3 aromatic rings. The molecule has 3 aliphatic rings.